The number of aliphatic hydroxyl groups is 5. The van der Waals surface area contributed by atoms with E-state index in [0.29, 0.717) is 6.42 Å². The van der Waals surface area contributed by atoms with E-state index in [4.69, 9.17) is 9.47 Å². The number of rotatable bonds is 52. The summed E-state index contributed by atoms with van der Waals surface area (Å²) in [6.45, 7) is 3.66. The molecule has 7 atom stereocenters. The third kappa shape index (κ3) is 42.5. The molecule has 9 nitrogen and oxygen atoms in total. The highest BCUT2D eigenvalue weighted by Crippen LogP contribution is 2.23. The van der Waals surface area contributed by atoms with Gasteiger partial charge in [0.05, 0.1) is 25.4 Å². The van der Waals surface area contributed by atoms with Crippen LogP contribution in [0.2, 0.25) is 0 Å². The van der Waals surface area contributed by atoms with Gasteiger partial charge in [0.15, 0.2) is 6.29 Å². The van der Waals surface area contributed by atoms with Crippen molar-refractivity contribution >= 4 is 5.91 Å². The zero-order chi connectivity index (χ0) is 53.6. The van der Waals surface area contributed by atoms with E-state index in [0.717, 1.165) is 70.6 Å². The molecule has 428 valence electrons. The smallest absolute Gasteiger partial charge is 0.220 e. The molecular formula is C65H115NO8. The average molecular weight is 1040 g/mol. The molecule has 0 aromatic rings. The first-order valence-electron chi connectivity index (χ1n) is 30.8. The lowest BCUT2D eigenvalue weighted by Gasteiger charge is -2.40. The molecule has 1 aliphatic heterocycles. The fourth-order valence-corrected chi connectivity index (χ4v) is 9.36. The molecular weight excluding hydrogens is 923 g/mol. The van der Waals surface area contributed by atoms with Gasteiger partial charge in [-0.3, -0.25) is 4.79 Å². The van der Waals surface area contributed by atoms with Crippen LogP contribution in [0.1, 0.15) is 264 Å². The molecule has 0 radical (unpaired) electrons. The van der Waals surface area contributed by atoms with Gasteiger partial charge in [-0.2, -0.15) is 0 Å². The highest BCUT2D eigenvalue weighted by atomic mass is 16.7. The van der Waals surface area contributed by atoms with E-state index in [9.17, 15) is 30.3 Å². The second-order valence-electron chi connectivity index (χ2n) is 21.1. The predicted molar refractivity (Wildman–Crippen MR) is 313 cm³/mol. The fraction of sp³-hybridized carbons (Fsp3) is 0.769. The minimum Gasteiger partial charge on any atom is -0.394 e. The Balaban J connectivity index is 2.19. The van der Waals surface area contributed by atoms with Gasteiger partial charge >= 0.3 is 0 Å². The van der Waals surface area contributed by atoms with Crippen molar-refractivity contribution in [1.82, 2.24) is 5.32 Å². The normalized spacial score (nSPS) is 19.6. The molecule has 0 bridgehead atoms. The molecule has 1 amide bonds. The molecule has 0 spiro atoms. The molecule has 0 saturated carbocycles. The summed E-state index contributed by atoms with van der Waals surface area (Å²) in [5, 5.41) is 54.5. The Morgan fingerprint density at radius 1 is 0.473 bits per heavy atom. The molecule has 74 heavy (non-hydrogen) atoms. The van der Waals surface area contributed by atoms with Crippen LogP contribution < -0.4 is 5.32 Å². The third-order valence-electron chi connectivity index (χ3n) is 14.2. The first kappa shape index (κ1) is 69.4. The topological polar surface area (TPSA) is 149 Å². The molecule has 0 aromatic heterocycles. The van der Waals surface area contributed by atoms with Gasteiger partial charge in [-0.25, -0.2) is 0 Å². The van der Waals surface area contributed by atoms with Crippen LogP contribution in [0.25, 0.3) is 0 Å². The van der Waals surface area contributed by atoms with E-state index in [1.807, 2.05) is 6.08 Å². The first-order valence-corrected chi connectivity index (χ1v) is 30.8. The fourth-order valence-electron chi connectivity index (χ4n) is 9.36. The summed E-state index contributed by atoms with van der Waals surface area (Å²) in [4.78, 5) is 13.1. The number of aliphatic hydroxyl groups excluding tert-OH is 5. The Kier molecular flexibility index (Phi) is 50.4. The molecule has 1 heterocycles. The maximum absolute atomic E-state index is 13.1. The zero-order valence-corrected chi connectivity index (χ0v) is 47.6. The van der Waals surface area contributed by atoms with Gasteiger partial charge in [-0.15, -0.1) is 0 Å². The average Bonchev–Trinajstić information content (AvgIpc) is 3.40. The van der Waals surface area contributed by atoms with E-state index in [1.54, 1.807) is 6.08 Å². The minimum atomic E-state index is -1.58. The summed E-state index contributed by atoms with van der Waals surface area (Å²) in [5.74, 6) is -0.190. The van der Waals surface area contributed by atoms with Gasteiger partial charge in [0, 0.05) is 6.42 Å². The maximum atomic E-state index is 13.1. The van der Waals surface area contributed by atoms with Crippen molar-refractivity contribution in [3.05, 3.63) is 85.1 Å². The predicted octanol–water partition coefficient (Wildman–Crippen LogP) is 15.8. The zero-order valence-electron chi connectivity index (χ0n) is 47.6. The summed E-state index contributed by atoms with van der Waals surface area (Å²) in [7, 11) is 0. The molecule has 1 rings (SSSR count). The molecule has 0 aromatic carbocycles. The Hall–Kier alpha value is -2.63. The summed E-state index contributed by atoms with van der Waals surface area (Å²) in [5.41, 5.74) is 0. The van der Waals surface area contributed by atoms with Crippen molar-refractivity contribution in [1.29, 1.82) is 0 Å². The SMILES string of the molecule is CC/C=C\C/C=C\C/C=C\C/C=C\CCCCCCCCCCCCCCCCCCCCC(=O)NC(COC1OC(CO)C(O)C(O)C1O)C(O)/C=C/CC/C=C/CC/C=C/CCCCCCCCCCCC. The molecule has 9 heteroatoms. The Labute approximate surface area is 454 Å². The number of carbonyl (C=O) groups is 1. The van der Waals surface area contributed by atoms with E-state index in [1.165, 1.54) is 173 Å². The number of amides is 1. The number of carbonyl (C=O) groups excluding carboxylic acids is 1. The number of allylic oxidation sites excluding steroid dienone is 13. The monoisotopic (exact) mass is 1040 g/mol. The highest BCUT2D eigenvalue weighted by Gasteiger charge is 2.44. The Bertz CT molecular complexity index is 1440. The molecule has 6 N–H and O–H groups in total. The Morgan fingerprint density at radius 3 is 1.30 bits per heavy atom. The van der Waals surface area contributed by atoms with Crippen molar-refractivity contribution in [3.8, 4) is 0 Å². The van der Waals surface area contributed by atoms with E-state index < -0.39 is 49.5 Å². The van der Waals surface area contributed by atoms with Crippen LogP contribution in [0.5, 0.6) is 0 Å². The minimum absolute atomic E-state index is 0.190. The second-order valence-corrected chi connectivity index (χ2v) is 21.1. The number of hydrogen-bond acceptors (Lipinski definition) is 8. The van der Waals surface area contributed by atoms with Gasteiger partial charge in [-0.1, -0.05) is 259 Å². The molecule has 0 aliphatic carbocycles. The van der Waals surface area contributed by atoms with Gasteiger partial charge in [0.25, 0.3) is 0 Å². The quantitative estimate of drug-likeness (QED) is 0.0261. The van der Waals surface area contributed by atoms with Gasteiger partial charge in [0.2, 0.25) is 5.91 Å². The summed E-state index contributed by atoms with van der Waals surface area (Å²) in [6, 6.07) is -0.832. The molecule has 1 fully saturated rings. The van der Waals surface area contributed by atoms with Crippen LogP contribution in [0, 0.1) is 0 Å². The lowest BCUT2D eigenvalue weighted by molar-refractivity contribution is -0.302. The van der Waals surface area contributed by atoms with Crippen LogP contribution in [0.3, 0.4) is 0 Å². The van der Waals surface area contributed by atoms with Gasteiger partial charge in [-0.05, 0) is 83.5 Å². The molecule has 1 aliphatic rings. The molecule has 1 saturated heterocycles. The second kappa shape index (κ2) is 53.8. The van der Waals surface area contributed by atoms with E-state index in [2.05, 4.69) is 92.1 Å². The first-order chi connectivity index (χ1) is 36.3. The number of unbranched alkanes of at least 4 members (excludes halogenated alkanes) is 30. The Morgan fingerprint density at radius 2 is 0.851 bits per heavy atom. The standard InChI is InChI=1S/C65H115NO8/c1-3-5-7-9-11-13-15-17-19-21-23-25-26-27-28-29-30-31-32-33-34-35-37-39-41-43-45-47-49-51-53-55-61(69)66-58(57-73-65-64(72)63(71)62(70)60(56-67)74-65)59(68)54-52-50-48-46-44-42-40-38-36-24-22-20-18-16-14-12-10-8-6-4-2/h5,7,11,13,17,19,23,25,36,38,44,46,52,54,58-60,62-65,67-68,70-72H,3-4,6,8-10,12,14-16,18,20-22,24,26-35,37,39-43,45,47-51,53,55-57H2,1-2H3,(H,66,69)/b7-5-,13-11-,19-17-,25-23-,38-36+,46-44+,54-52+. The summed E-state index contributed by atoms with van der Waals surface area (Å²) < 4.78 is 11.3. The van der Waals surface area contributed by atoms with Crippen LogP contribution in [-0.2, 0) is 14.3 Å². The van der Waals surface area contributed by atoms with Crippen molar-refractivity contribution < 1.29 is 39.8 Å². The van der Waals surface area contributed by atoms with Crippen LogP contribution >= 0.6 is 0 Å². The number of hydrogen-bond donors (Lipinski definition) is 6. The van der Waals surface area contributed by atoms with Crippen LogP contribution in [-0.4, -0.2) is 87.5 Å². The number of nitrogens with one attached hydrogen (secondary N) is 1. The maximum Gasteiger partial charge on any atom is 0.220 e. The number of ether oxygens (including phenoxy) is 2. The van der Waals surface area contributed by atoms with Gasteiger partial charge < -0.3 is 40.3 Å². The van der Waals surface area contributed by atoms with E-state index in [-0.39, 0.29) is 12.5 Å². The lowest BCUT2D eigenvalue weighted by atomic mass is 9.99. The van der Waals surface area contributed by atoms with Crippen molar-refractivity contribution in [2.45, 2.75) is 307 Å². The van der Waals surface area contributed by atoms with Gasteiger partial charge in [0.1, 0.15) is 24.4 Å². The largest absolute Gasteiger partial charge is 0.394 e. The summed E-state index contributed by atoms with van der Waals surface area (Å²) >= 11 is 0. The summed E-state index contributed by atoms with van der Waals surface area (Å²) in [6.07, 6.45) is 69.5. The van der Waals surface area contributed by atoms with Crippen molar-refractivity contribution in [2.24, 2.45) is 0 Å². The van der Waals surface area contributed by atoms with Crippen LogP contribution in [0.4, 0.5) is 0 Å². The van der Waals surface area contributed by atoms with Crippen molar-refractivity contribution in [3.63, 3.8) is 0 Å². The lowest BCUT2D eigenvalue weighted by Crippen LogP contribution is -2.60. The highest BCUT2D eigenvalue weighted by molar-refractivity contribution is 5.76. The van der Waals surface area contributed by atoms with Crippen LogP contribution in [0.15, 0.2) is 85.1 Å². The molecule has 7 unspecified atom stereocenters. The van der Waals surface area contributed by atoms with E-state index >= 15 is 0 Å². The third-order valence-corrected chi connectivity index (χ3v) is 14.2. The van der Waals surface area contributed by atoms with Crippen molar-refractivity contribution in [2.75, 3.05) is 13.2 Å².